The van der Waals surface area contributed by atoms with Crippen LogP contribution in [0.4, 0.5) is 0 Å². The Hall–Kier alpha value is -1.92. The largest absolute Gasteiger partial charge is 0.477 e. The normalized spacial score (nSPS) is 38.5. The predicted molar refractivity (Wildman–Crippen MR) is 183 cm³/mol. The van der Waals surface area contributed by atoms with Gasteiger partial charge in [0.15, 0.2) is 0 Å². The van der Waals surface area contributed by atoms with Crippen LogP contribution in [-0.2, 0) is 4.79 Å². The SMILES string of the molecule is C=CC.CN(C)CCNC(=O)C12CCCC1C1CCC3C(C)(CCC4C(C)(C)C(c5ccc(C(=O)O)s5)=CCC43C)C1CC2. The van der Waals surface area contributed by atoms with E-state index in [-0.39, 0.29) is 16.2 Å². The molecule has 0 saturated heterocycles. The summed E-state index contributed by atoms with van der Waals surface area (Å²) in [5.74, 6) is 2.80. The molecule has 1 aromatic rings. The van der Waals surface area contributed by atoms with E-state index in [9.17, 15) is 14.7 Å². The van der Waals surface area contributed by atoms with Gasteiger partial charge in [-0.3, -0.25) is 4.79 Å². The van der Waals surface area contributed by atoms with Gasteiger partial charge in [-0.25, -0.2) is 4.79 Å². The molecule has 6 heteroatoms. The summed E-state index contributed by atoms with van der Waals surface area (Å²) in [6, 6.07) is 3.82. The standard InChI is InChI=1S/C35H52N2O3S.C3H6/c1-32(2)25(26-10-11-27(41-26)30(38)39)13-17-34(4)28(32)15-18-33(3)23-14-19-35(31(40)36-20-21-37(5)6)16-7-8-24(35)22(23)9-12-29(33)34;1-3-2/h10-11,13,22-24,28-29H,7-9,12,14-21H2,1-6H3,(H,36,40)(H,38,39);3H,1H2,2H3. The highest BCUT2D eigenvalue weighted by Crippen LogP contribution is 2.73. The van der Waals surface area contributed by atoms with Gasteiger partial charge in [-0.2, -0.15) is 0 Å². The lowest BCUT2D eigenvalue weighted by Crippen LogP contribution is -2.62. The molecule has 5 nitrogen and oxygen atoms in total. The van der Waals surface area contributed by atoms with E-state index in [1.807, 2.05) is 13.0 Å². The van der Waals surface area contributed by atoms with Crippen molar-refractivity contribution in [3.8, 4) is 0 Å². The van der Waals surface area contributed by atoms with E-state index in [4.69, 9.17) is 0 Å². The average molecular weight is 623 g/mol. The zero-order valence-corrected chi connectivity index (χ0v) is 29.3. The van der Waals surface area contributed by atoms with Crippen LogP contribution >= 0.6 is 11.3 Å². The highest BCUT2D eigenvalue weighted by atomic mass is 32.1. The number of carbonyl (C=O) groups excluding carboxylic acids is 1. The molecule has 8 unspecified atom stereocenters. The molecule has 0 spiro atoms. The number of amides is 1. The lowest BCUT2D eigenvalue weighted by Gasteiger charge is -2.68. The molecule has 0 aliphatic heterocycles. The Labute approximate surface area is 271 Å². The van der Waals surface area contributed by atoms with Gasteiger partial charge in [0.25, 0.3) is 0 Å². The molecule has 244 valence electrons. The van der Waals surface area contributed by atoms with Crippen LogP contribution in [0.3, 0.4) is 0 Å². The molecule has 2 N–H and O–H groups in total. The van der Waals surface area contributed by atoms with Crippen molar-refractivity contribution >= 4 is 28.8 Å². The van der Waals surface area contributed by atoms with Crippen molar-refractivity contribution in [2.24, 2.45) is 51.2 Å². The first-order chi connectivity index (χ1) is 20.8. The third-order valence-corrected chi connectivity index (χ3v) is 14.6. The Kier molecular flexibility index (Phi) is 9.39. The highest BCUT2D eigenvalue weighted by Gasteiger charge is 2.66. The van der Waals surface area contributed by atoms with Crippen LogP contribution in [0.25, 0.3) is 5.57 Å². The summed E-state index contributed by atoms with van der Waals surface area (Å²) in [7, 11) is 4.15. The van der Waals surface area contributed by atoms with Gasteiger partial charge in [0, 0.05) is 18.0 Å². The van der Waals surface area contributed by atoms with Gasteiger partial charge in [-0.1, -0.05) is 46.3 Å². The summed E-state index contributed by atoms with van der Waals surface area (Å²) in [6.45, 7) is 17.0. The van der Waals surface area contributed by atoms with Crippen LogP contribution in [0.15, 0.2) is 30.9 Å². The van der Waals surface area contributed by atoms with Crippen LogP contribution in [0.1, 0.15) is 113 Å². The summed E-state index contributed by atoms with van der Waals surface area (Å²) in [6.07, 6.45) is 16.3. The fourth-order valence-electron chi connectivity index (χ4n) is 11.8. The summed E-state index contributed by atoms with van der Waals surface area (Å²) >= 11 is 1.44. The van der Waals surface area contributed by atoms with Gasteiger partial charge in [0.1, 0.15) is 4.88 Å². The Balaban J connectivity index is 0.00000123. The molecule has 4 fully saturated rings. The van der Waals surface area contributed by atoms with E-state index >= 15 is 0 Å². The van der Waals surface area contributed by atoms with Crippen molar-refractivity contribution in [1.82, 2.24) is 10.2 Å². The quantitative estimate of drug-likeness (QED) is 0.311. The molecule has 1 heterocycles. The van der Waals surface area contributed by atoms with Gasteiger partial charge in [-0.05, 0) is 142 Å². The van der Waals surface area contributed by atoms with Gasteiger partial charge in [0.2, 0.25) is 5.91 Å². The molecule has 5 aliphatic carbocycles. The second kappa shape index (κ2) is 12.4. The van der Waals surface area contributed by atoms with Crippen molar-refractivity contribution in [3.05, 3.63) is 40.6 Å². The molecular formula is C38H58N2O3S. The number of hydrogen-bond acceptors (Lipinski definition) is 4. The third-order valence-electron chi connectivity index (χ3n) is 13.5. The second-order valence-electron chi connectivity index (χ2n) is 16.2. The monoisotopic (exact) mass is 622 g/mol. The summed E-state index contributed by atoms with van der Waals surface area (Å²) in [5, 5.41) is 12.9. The number of hydrogen-bond donors (Lipinski definition) is 2. The minimum Gasteiger partial charge on any atom is -0.477 e. The summed E-state index contributed by atoms with van der Waals surface area (Å²) in [4.78, 5) is 29.1. The molecule has 44 heavy (non-hydrogen) atoms. The van der Waals surface area contributed by atoms with Crippen LogP contribution in [0.5, 0.6) is 0 Å². The predicted octanol–water partition coefficient (Wildman–Crippen LogP) is 8.78. The van der Waals surface area contributed by atoms with E-state index in [0.29, 0.717) is 39.9 Å². The van der Waals surface area contributed by atoms with E-state index in [1.165, 1.54) is 61.9 Å². The first kappa shape index (κ1) is 33.4. The van der Waals surface area contributed by atoms with Gasteiger partial charge in [-0.15, -0.1) is 17.9 Å². The fourth-order valence-corrected chi connectivity index (χ4v) is 12.9. The second-order valence-corrected chi connectivity index (χ2v) is 17.3. The smallest absolute Gasteiger partial charge is 0.345 e. The number of allylic oxidation sites excluding steroid dienone is 3. The van der Waals surface area contributed by atoms with Gasteiger partial charge < -0.3 is 15.3 Å². The number of fused-ring (bicyclic) bond motifs is 7. The zero-order chi connectivity index (χ0) is 32.1. The summed E-state index contributed by atoms with van der Waals surface area (Å²) < 4.78 is 0. The number of carbonyl (C=O) groups is 2. The van der Waals surface area contributed by atoms with Crippen molar-refractivity contribution in [2.45, 2.75) is 98.8 Å². The third kappa shape index (κ3) is 5.34. The number of nitrogens with one attached hydrogen (secondary N) is 1. The van der Waals surface area contributed by atoms with Crippen molar-refractivity contribution in [2.75, 3.05) is 27.2 Å². The first-order valence-corrected chi connectivity index (χ1v) is 18.1. The first-order valence-electron chi connectivity index (χ1n) is 17.3. The maximum Gasteiger partial charge on any atom is 0.345 e. The molecule has 1 amide bonds. The Bertz CT molecular complexity index is 1280. The Morgan fingerprint density at radius 1 is 1.00 bits per heavy atom. The van der Waals surface area contributed by atoms with Gasteiger partial charge in [0.05, 0.1) is 5.41 Å². The topological polar surface area (TPSA) is 69.6 Å². The number of thiophene rings is 1. The van der Waals surface area contributed by atoms with Crippen molar-refractivity contribution in [3.63, 3.8) is 0 Å². The number of aromatic carboxylic acids is 1. The molecule has 8 atom stereocenters. The Morgan fingerprint density at radius 2 is 1.73 bits per heavy atom. The van der Waals surface area contributed by atoms with E-state index in [2.05, 4.69) is 64.7 Å². The van der Waals surface area contributed by atoms with Crippen LogP contribution in [0.2, 0.25) is 0 Å². The number of likely N-dealkylation sites (N-methyl/N-ethyl adjacent to an activating group) is 1. The lowest BCUT2D eigenvalue weighted by atomic mass is 9.36. The molecule has 1 aromatic heterocycles. The van der Waals surface area contributed by atoms with Crippen LogP contribution < -0.4 is 5.32 Å². The number of carboxylic acids is 1. The molecule has 4 saturated carbocycles. The van der Waals surface area contributed by atoms with E-state index in [0.717, 1.165) is 43.1 Å². The fraction of sp³-hybridized carbons (Fsp3) is 0.737. The lowest BCUT2D eigenvalue weighted by molar-refractivity contribution is -0.181. The highest BCUT2D eigenvalue weighted by molar-refractivity contribution is 7.15. The molecule has 5 aliphatic rings. The average Bonchev–Trinajstić information content (AvgIpc) is 3.61. The number of carboxylic acid groups (broad SMARTS) is 1. The summed E-state index contributed by atoms with van der Waals surface area (Å²) in [5.41, 5.74) is 1.85. The van der Waals surface area contributed by atoms with Gasteiger partial charge >= 0.3 is 5.97 Å². The Morgan fingerprint density at radius 3 is 2.39 bits per heavy atom. The van der Waals surface area contributed by atoms with Crippen LogP contribution in [-0.4, -0.2) is 49.1 Å². The van der Waals surface area contributed by atoms with Crippen molar-refractivity contribution < 1.29 is 14.7 Å². The zero-order valence-electron chi connectivity index (χ0n) is 28.5. The van der Waals surface area contributed by atoms with E-state index in [1.54, 1.807) is 12.1 Å². The van der Waals surface area contributed by atoms with E-state index < -0.39 is 5.97 Å². The molecule has 0 radical (unpaired) electrons. The molecule has 6 rings (SSSR count). The van der Waals surface area contributed by atoms with Crippen molar-refractivity contribution in [1.29, 1.82) is 0 Å². The maximum absolute atomic E-state index is 13.7. The maximum atomic E-state index is 13.7. The minimum atomic E-state index is -0.824. The number of nitrogens with zero attached hydrogens (tertiary/aromatic N) is 1. The number of rotatable bonds is 6. The molecular weight excluding hydrogens is 564 g/mol. The molecule has 0 bridgehead atoms. The minimum absolute atomic E-state index is 0.0175. The molecule has 0 aromatic carbocycles. The van der Waals surface area contributed by atoms with Crippen LogP contribution in [0, 0.1) is 51.2 Å².